The minimum Gasteiger partial charge on any atom is -0.381 e. The van der Waals surface area contributed by atoms with Crippen LogP contribution in [0.1, 0.15) is 47.5 Å². The summed E-state index contributed by atoms with van der Waals surface area (Å²) in [5, 5.41) is 11.1. The van der Waals surface area contributed by atoms with E-state index in [1.807, 2.05) is 19.1 Å². The number of imide groups is 1. The number of nitrogens with one attached hydrogen (secondary N) is 3. The summed E-state index contributed by atoms with van der Waals surface area (Å²) >= 11 is 1.53. The lowest BCUT2D eigenvalue weighted by molar-refractivity contribution is -0.135. The highest BCUT2D eigenvalue weighted by Crippen LogP contribution is 2.41. The lowest BCUT2D eigenvalue weighted by Gasteiger charge is -2.36. The summed E-state index contributed by atoms with van der Waals surface area (Å²) < 4.78 is 4.21. The second-order valence-corrected chi connectivity index (χ2v) is 15.8. The van der Waals surface area contributed by atoms with E-state index in [4.69, 9.17) is 4.98 Å². The van der Waals surface area contributed by atoms with Crippen LogP contribution in [0.5, 0.6) is 0 Å². The number of anilines is 2. The first-order chi connectivity index (χ1) is 26.2. The van der Waals surface area contributed by atoms with Crippen molar-refractivity contribution in [1.29, 1.82) is 0 Å². The first-order valence-corrected chi connectivity index (χ1v) is 19.6. The predicted octanol–water partition coefficient (Wildman–Crippen LogP) is 5.05. The SMILES string of the molecule is C[C@@H]1CNc2c(sc3ccc4nc(-c5ccc(N6CCN(CCCc7ccc8c(c7)n(C)c(=O)n8C7CCC(=O)NC7=O)CC6)cc5)ccc4c23)C(=O)N1. The third kappa shape index (κ3) is 6.10. The Balaban J connectivity index is 0.813. The van der Waals surface area contributed by atoms with Gasteiger partial charge in [-0.05, 0) is 86.8 Å². The highest BCUT2D eigenvalue weighted by Gasteiger charge is 2.31. The van der Waals surface area contributed by atoms with Crippen molar-refractivity contribution in [3.05, 3.63) is 87.7 Å². The van der Waals surface area contributed by atoms with Crippen molar-refractivity contribution in [2.24, 2.45) is 7.05 Å². The first kappa shape index (κ1) is 34.3. The number of thiophene rings is 1. The van der Waals surface area contributed by atoms with Gasteiger partial charge in [0.1, 0.15) is 10.9 Å². The van der Waals surface area contributed by atoms with Crippen molar-refractivity contribution in [1.82, 2.24) is 29.7 Å². The Labute approximate surface area is 315 Å². The van der Waals surface area contributed by atoms with Gasteiger partial charge in [0.05, 0.1) is 27.9 Å². The summed E-state index contributed by atoms with van der Waals surface area (Å²) in [6.07, 6.45) is 2.46. The molecule has 0 radical (unpaired) electrons. The molecule has 6 heterocycles. The van der Waals surface area contributed by atoms with Crippen molar-refractivity contribution in [3.63, 3.8) is 0 Å². The summed E-state index contributed by atoms with van der Waals surface area (Å²) in [5.74, 6) is -0.730. The first-order valence-electron chi connectivity index (χ1n) is 18.7. The minimum atomic E-state index is -0.674. The van der Waals surface area contributed by atoms with E-state index < -0.39 is 11.9 Å². The van der Waals surface area contributed by atoms with Gasteiger partial charge in [0.15, 0.2) is 0 Å². The van der Waals surface area contributed by atoms with Gasteiger partial charge in [-0.2, -0.15) is 0 Å². The highest BCUT2D eigenvalue weighted by molar-refractivity contribution is 7.21. The molecule has 3 aromatic carbocycles. The molecule has 0 spiro atoms. The molecule has 0 bridgehead atoms. The van der Waals surface area contributed by atoms with E-state index in [2.05, 4.69) is 80.3 Å². The van der Waals surface area contributed by atoms with Gasteiger partial charge in [0, 0.05) is 79.0 Å². The normalized spacial score (nSPS) is 19.5. The molecule has 54 heavy (non-hydrogen) atoms. The Morgan fingerprint density at radius 3 is 2.52 bits per heavy atom. The van der Waals surface area contributed by atoms with E-state index in [1.54, 1.807) is 11.6 Å². The molecule has 0 saturated carbocycles. The molecule has 2 atom stereocenters. The molecule has 3 amide bonds. The summed E-state index contributed by atoms with van der Waals surface area (Å²) in [7, 11) is 1.74. The average molecular weight is 743 g/mol. The Morgan fingerprint density at radius 2 is 1.72 bits per heavy atom. The zero-order chi connectivity index (χ0) is 37.1. The molecule has 13 heteroatoms. The van der Waals surface area contributed by atoms with E-state index in [9.17, 15) is 19.2 Å². The fraction of sp³-hybridized carbons (Fsp3) is 0.341. The number of rotatable bonds is 7. The third-order valence-corrected chi connectivity index (χ3v) is 12.4. The van der Waals surface area contributed by atoms with Gasteiger partial charge < -0.3 is 15.5 Å². The quantitative estimate of drug-likeness (QED) is 0.194. The van der Waals surface area contributed by atoms with E-state index >= 15 is 0 Å². The smallest absolute Gasteiger partial charge is 0.329 e. The molecular weight excluding hydrogens is 701 g/mol. The van der Waals surface area contributed by atoms with Crippen LogP contribution in [-0.2, 0) is 23.1 Å². The largest absolute Gasteiger partial charge is 0.381 e. The van der Waals surface area contributed by atoms with Gasteiger partial charge in [-0.3, -0.25) is 33.7 Å². The number of piperidine rings is 1. The molecule has 1 unspecified atom stereocenters. The maximum Gasteiger partial charge on any atom is 0.329 e. The molecule has 2 fully saturated rings. The Hall–Kier alpha value is -5.53. The number of piperazine rings is 1. The van der Waals surface area contributed by atoms with Crippen molar-refractivity contribution >= 4 is 72.5 Å². The van der Waals surface area contributed by atoms with Gasteiger partial charge in [-0.25, -0.2) is 9.78 Å². The van der Waals surface area contributed by atoms with Crippen LogP contribution in [0.4, 0.5) is 11.4 Å². The number of aromatic nitrogens is 3. The van der Waals surface area contributed by atoms with Crippen LogP contribution in [0.3, 0.4) is 0 Å². The van der Waals surface area contributed by atoms with Crippen LogP contribution >= 0.6 is 11.3 Å². The number of carbonyl (C=O) groups excluding carboxylic acids is 3. The van der Waals surface area contributed by atoms with Crippen molar-refractivity contribution in [2.75, 3.05) is 49.5 Å². The second-order valence-electron chi connectivity index (χ2n) is 14.7. The number of carbonyl (C=O) groups is 3. The average Bonchev–Trinajstić information content (AvgIpc) is 3.63. The number of hydrogen-bond donors (Lipinski definition) is 3. The molecule has 6 aromatic rings. The van der Waals surface area contributed by atoms with Crippen molar-refractivity contribution in [3.8, 4) is 11.3 Å². The fourth-order valence-electron chi connectivity index (χ4n) is 8.26. The topological polar surface area (TPSA) is 134 Å². The Kier molecular flexibility index (Phi) is 8.70. The van der Waals surface area contributed by atoms with Crippen LogP contribution in [0.2, 0.25) is 0 Å². The molecule has 9 rings (SSSR count). The number of fused-ring (bicyclic) bond motifs is 6. The monoisotopic (exact) mass is 742 g/mol. The summed E-state index contributed by atoms with van der Waals surface area (Å²) in [4.78, 5) is 60.9. The second kappa shape index (κ2) is 13.7. The van der Waals surface area contributed by atoms with E-state index in [-0.39, 0.29) is 30.0 Å². The van der Waals surface area contributed by atoms with Crippen LogP contribution in [-0.4, -0.2) is 82.1 Å². The van der Waals surface area contributed by atoms with Crippen LogP contribution in [0.25, 0.3) is 43.3 Å². The standard InChI is InChI=1S/C41H42N8O4S/c1-24-23-42-37-36-28-10-11-29(44-30(28)12-15-34(36)54-38(37)40(52)43-24)26-6-8-27(9-7-26)48-20-18-47(19-21-48)17-3-4-25-5-13-31-33(22-25)46(2)41(53)49(31)32-14-16-35(50)45-39(32)51/h5-13,15,22,24,32,42H,3-4,14,16-21,23H2,1-2H3,(H,43,52)(H,45,50,51)/t24-,32?/m1/s1. The minimum absolute atomic E-state index is 0.0219. The molecule has 3 N–H and O–H groups in total. The summed E-state index contributed by atoms with van der Waals surface area (Å²) in [6.45, 7) is 7.60. The van der Waals surface area contributed by atoms with Crippen LogP contribution in [0, 0.1) is 0 Å². The maximum absolute atomic E-state index is 13.1. The maximum atomic E-state index is 13.1. The molecule has 3 aromatic heterocycles. The van der Waals surface area contributed by atoms with Gasteiger partial charge in [0.25, 0.3) is 5.91 Å². The zero-order valence-electron chi connectivity index (χ0n) is 30.4. The van der Waals surface area contributed by atoms with Gasteiger partial charge in [0.2, 0.25) is 11.8 Å². The molecule has 0 aliphatic carbocycles. The summed E-state index contributed by atoms with van der Waals surface area (Å²) in [6, 6.07) is 22.5. The van der Waals surface area contributed by atoms with E-state index in [0.717, 1.165) is 105 Å². The zero-order valence-corrected chi connectivity index (χ0v) is 31.2. The highest BCUT2D eigenvalue weighted by atomic mass is 32.1. The van der Waals surface area contributed by atoms with Gasteiger partial charge in [-0.1, -0.05) is 18.2 Å². The van der Waals surface area contributed by atoms with Crippen molar-refractivity contribution in [2.45, 2.75) is 44.7 Å². The molecule has 12 nitrogen and oxygen atoms in total. The van der Waals surface area contributed by atoms with Crippen molar-refractivity contribution < 1.29 is 14.4 Å². The molecule has 276 valence electrons. The van der Waals surface area contributed by atoms with Gasteiger partial charge >= 0.3 is 5.69 Å². The van der Waals surface area contributed by atoms with E-state index in [1.165, 1.54) is 21.6 Å². The van der Waals surface area contributed by atoms with E-state index in [0.29, 0.717) is 13.0 Å². The number of pyridine rings is 1. The van der Waals surface area contributed by atoms with Crippen LogP contribution < -0.4 is 26.5 Å². The van der Waals surface area contributed by atoms with Gasteiger partial charge in [-0.15, -0.1) is 11.3 Å². The number of benzene rings is 3. The van der Waals surface area contributed by atoms with Crippen LogP contribution in [0.15, 0.2) is 71.5 Å². The number of hydrogen-bond acceptors (Lipinski definition) is 9. The molecule has 3 aliphatic heterocycles. The lowest BCUT2D eigenvalue weighted by Crippen LogP contribution is -2.46. The summed E-state index contributed by atoms with van der Waals surface area (Å²) in [5.41, 5.74) is 7.47. The third-order valence-electron chi connectivity index (χ3n) is 11.2. The molecule has 2 saturated heterocycles. The fourth-order valence-corrected chi connectivity index (χ4v) is 9.36. The predicted molar refractivity (Wildman–Crippen MR) is 214 cm³/mol. The molecule has 3 aliphatic rings. The number of imidazole rings is 1. The Bertz CT molecular complexity index is 2530. The number of nitrogens with zero attached hydrogens (tertiary/aromatic N) is 5. The number of aryl methyl sites for hydroxylation is 2. The lowest BCUT2D eigenvalue weighted by atomic mass is 10.0. The Morgan fingerprint density at radius 1 is 0.907 bits per heavy atom. The molecular formula is C41H42N8O4S. The number of amides is 3.